The van der Waals surface area contributed by atoms with Crippen LogP contribution >= 0.6 is 0 Å². The summed E-state index contributed by atoms with van der Waals surface area (Å²) >= 11 is 0. The average molecular weight is 299 g/mol. The van der Waals surface area contributed by atoms with Crippen molar-refractivity contribution in [2.75, 3.05) is 19.7 Å². The molecule has 1 amide bonds. The SMILES string of the molecule is CC(C)(C)OC(=O)N1CCCC2(CC(CC(=O)O)CO2)C1. The summed E-state index contributed by atoms with van der Waals surface area (Å²) < 4.78 is 11.3. The highest BCUT2D eigenvalue weighted by Gasteiger charge is 2.45. The molecule has 0 saturated carbocycles. The van der Waals surface area contributed by atoms with E-state index in [1.54, 1.807) is 4.90 Å². The molecule has 0 aromatic carbocycles. The van der Waals surface area contributed by atoms with Crippen molar-refractivity contribution in [2.45, 2.75) is 57.7 Å². The molecule has 120 valence electrons. The number of aliphatic carboxylic acids is 1. The number of carbonyl (C=O) groups is 2. The second-order valence-corrected chi connectivity index (χ2v) is 7.17. The van der Waals surface area contributed by atoms with Crippen LogP contribution in [0.4, 0.5) is 4.79 Å². The maximum Gasteiger partial charge on any atom is 0.410 e. The molecule has 6 nitrogen and oxygen atoms in total. The van der Waals surface area contributed by atoms with Crippen LogP contribution in [0, 0.1) is 5.92 Å². The van der Waals surface area contributed by atoms with Crippen LogP contribution in [0.5, 0.6) is 0 Å². The van der Waals surface area contributed by atoms with Gasteiger partial charge in [0.05, 0.1) is 25.2 Å². The standard InChI is InChI=1S/C15H25NO5/c1-14(2,3)21-13(19)16-6-4-5-15(10-16)8-11(9-20-15)7-12(17)18/h11H,4-10H2,1-3H3,(H,17,18). The normalized spacial score (nSPS) is 29.7. The van der Waals surface area contributed by atoms with E-state index in [0.717, 1.165) is 12.8 Å². The van der Waals surface area contributed by atoms with E-state index in [-0.39, 0.29) is 24.0 Å². The number of amides is 1. The van der Waals surface area contributed by atoms with Crippen LogP contribution in [0.15, 0.2) is 0 Å². The average Bonchev–Trinajstić information content (AvgIpc) is 2.69. The zero-order valence-electron chi connectivity index (χ0n) is 13.1. The summed E-state index contributed by atoms with van der Waals surface area (Å²) in [6, 6.07) is 0. The van der Waals surface area contributed by atoms with Crippen molar-refractivity contribution in [3.8, 4) is 0 Å². The van der Waals surface area contributed by atoms with Gasteiger partial charge in [-0.15, -0.1) is 0 Å². The number of likely N-dealkylation sites (tertiary alicyclic amines) is 1. The van der Waals surface area contributed by atoms with E-state index in [1.807, 2.05) is 20.8 Å². The molecule has 6 heteroatoms. The molecule has 0 aromatic rings. The predicted octanol–water partition coefficient (Wildman–Crippen LogP) is 2.27. The highest BCUT2D eigenvalue weighted by atomic mass is 16.6. The summed E-state index contributed by atoms with van der Waals surface area (Å²) in [6.45, 7) is 7.18. The summed E-state index contributed by atoms with van der Waals surface area (Å²) in [5.41, 5.74) is -0.890. The third-order valence-corrected chi connectivity index (χ3v) is 3.94. The van der Waals surface area contributed by atoms with E-state index in [1.165, 1.54) is 0 Å². The van der Waals surface area contributed by atoms with Gasteiger partial charge in [-0.1, -0.05) is 0 Å². The molecule has 2 heterocycles. The van der Waals surface area contributed by atoms with Gasteiger partial charge in [-0.25, -0.2) is 4.79 Å². The Bertz CT molecular complexity index is 417. The monoisotopic (exact) mass is 299 g/mol. The Morgan fingerprint density at radius 3 is 2.76 bits per heavy atom. The Balaban J connectivity index is 1.95. The van der Waals surface area contributed by atoms with E-state index in [2.05, 4.69) is 0 Å². The van der Waals surface area contributed by atoms with Crippen molar-refractivity contribution in [3.05, 3.63) is 0 Å². The third kappa shape index (κ3) is 4.33. The molecule has 2 aliphatic rings. The van der Waals surface area contributed by atoms with Crippen molar-refractivity contribution in [2.24, 2.45) is 5.92 Å². The van der Waals surface area contributed by atoms with Gasteiger partial charge >= 0.3 is 12.1 Å². The van der Waals surface area contributed by atoms with Crippen LogP contribution in [0.2, 0.25) is 0 Å². The zero-order valence-corrected chi connectivity index (χ0v) is 13.1. The molecule has 2 fully saturated rings. The summed E-state index contributed by atoms with van der Waals surface area (Å²) in [7, 11) is 0. The predicted molar refractivity (Wildman–Crippen MR) is 76.1 cm³/mol. The molecule has 1 spiro atoms. The van der Waals surface area contributed by atoms with Crippen LogP contribution < -0.4 is 0 Å². The summed E-state index contributed by atoms with van der Waals surface area (Å²) in [4.78, 5) is 24.7. The summed E-state index contributed by atoms with van der Waals surface area (Å²) in [5, 5.41) is 8.89. The Morgan fingerprint density at radius 1 is 1.43 bits per heavy atom. The number of carboxylic acid groups (broad SMARTS) is 1. The minimum Gasteiger partial charge on any atom is -0.481 e. The van der Waals surface area contributed by atoms with E-state index in [0.29, 0.717) is 26.1 Å². The van der Waals surface area contributed by atoms with Crippen molar-refractivity contribution >= 4 is 12.1 Å². The van der Waals surface area contributed by atoms with Crippen molar-refractivity contribution < 1.29 is 24.2 Å². The van der Waals surface area contributed by atoms with Gasteiger partial charge in [-0.05, 0) is 46.0 Å². The molecular formula is C15H25NO5. The fourth-order valence-electron chi connectivity index (χ4n) is 3.18. The lowest BCUT2D eigenvalue weighted by molar-refractivity contribution is -0.138. The number of rotatable bonds is 2. The molecule has 2 aliphatic heterocycles. The molecule has 2 unspecified atom stereocenters. The number of hydrogen-bond acceptors (Lipinski definition) is 4. The first-order valence-electron chi connectivity index (χ1n) is 7.53. The van der Waals surface area contributed by atoms with Gasteiger partial charge in [-0.3, -0.25) is 4.79 Å². The first kappa shape index (κ1) is 16.1. The van der Waals surface area contributed by atoms with Crippen molar-refractivity contribution in [3.63, 3.8) is 0 Å². The maximum absolute atomic E-state index is 12.2. The summed E-state index contributed by atoms with van der Waals surface area (Å²) in [5.74, 6) is -0.749. The Hall–Kier alpha value is -1.30. The van der Waals surface area contributed by atoms with Crippen LogP contribution in [0.1, 0.15) is 46.5 Å². The minimum atomic E-state index is -0.791. The van der Waals surface area contributed by atoms with Gasteiger partial charge in [0.2, 0.25) is 0 Å². The number of hydrogen-bond donors (Lipinski definition) is 1. The first-order chi connectivity index (χ1) is 9.69. The third-order valence-electron chi connectivity index (χ3n) is 3.94. The minimum absolute atomic E-state index is 0.0427. The Labute approximate surface area is 125 Å². The molecule has 0 aliphatic carbocycles. The smallest absolute Gasteiger partial charge is 0.410 e. The second-order valence-electron chi connectivity index (χ2n) is 7.17. The van der Waals surface area contributed by atoms with Gasteiger partial charge in [0.1, 0.15) is 5.60 Å². The maximum atomic E-state index is 12.2. The van der Waals surface area contributed by atoms with Crippen LogP contribution in [-0.2, 0) is 14.3 Å². The highest BCUT2D eigenvalue weighted by Crippen LogP contribution is 2.38. The lowest BCUT2D eigenvalue weighted by Gasteiger charge is -2.40. The first-order valence-corrected chi connectivity index (χ1v) is 7.53. The Kier molecular flexibility index (Phi) is 4.46. The number of ether oxygens (including phenoxy) is 2. The van der Waals surface area contributed by atoms with Gasteiger partial charge in [0.15, 0.2) is 0 Å². The van der Waals surface area contributed by atoms with Gasteiger partial charge in [0, 0.05) is 6.54 Å². The zero-order chi connectivity index (χ0) is 15.7. The number of carboxylic acids is 1. The van der Waals surface area contributed by atoms with Crippen LogP contribution in [-0.4, -0.2) is 53.0 Å². The molecule has 1 N–H and O–H groups in total. The van der Waals surface area contributed by atoms with E-state index >= 15 is 0 Å². The largest absolute Gasteiger partial charge is 0.481 e. The Morgan fingerprint density at radius 2 is 2.14 bits per heavy atom. The van der Waals surface area contributed by atoms with E-state index < -0.39 is 11.6 Å². The second kappa shape index (κ2) is 5.83. The molecular weight excluding hydrogens is 274 g/mol. The van der Waals surface area contributed by atoms with E-state index in [9.17, 15) is 9.59 Å². The van der Waals surface area contributed by atoms with Crippen molar-refractivity contribution in [1.82, 2.24) is 4.90 Å². The molecule has 2 rings (SSSR count). The van der Waals surface area contributed by atoms with Crippen LogP contribution in [0.3, 0.4) is 0 Å². The summed E-state index contributed by atoms with van der Waals surface area (Å²) in [6.07, 6.45) is 2.26. The van der Waals surface area contributed by atoms with Gasteiger partial charge in [0.25, 0.3) is 0 Å². The fraction of sp³-hybridized carbons (Fsp3) is 0.867. The van der Waals surface area contributed by atoms with Gasteiger partial charge < -0.3 is 19.5 Å². The lowest BCUT2D eigenvalue weighted by atomic mass is 9.86. The topological polar surface area (TPSA) is 76.1 Å². The molecule has 0 radical (unpaired) electrons. The molecule has 2 atom stereocenters. The molecule has 21 heavy (non-hydrogen) atoms. The lowest BCUT2D eigenvalue weighted by Crippen LogP contribution is -2.51. The number of nitrogens with zero attached hydrogens (tertiary/aromatic N) is 1. The fourth-order valence-corrected chi connectivity index (χ4v) is 3.18. The van der Waals surface area contributed by atoms with Crippen LogP contribution in [0.25, 0.3) is 0 Å². The molecule has 0 bridgehead atoms. The quantitative estimate of drug-likeness (QED) is 0.846. The van der Waals surface area contributed by atoms with E-state index in [4.69, 9.17) is 14.6 Å². The van der Waals surface area contributed by atoms with Crippen molar-refractivity contribution in [1.29, 1.82) is 0 Å². The molecule has 0 aromatic heterocycles. The number of piperidine rings is 1. The van der Waals surface area contributed by atoms with Gasteiger partial charge in [-0.2, -0.15) is 0 Å². The highest BCUT2D eigenvalue weighted by molar-refractivity contribution is 5.68. The number of carbonyl (C=O) groups excluding carboxylic acids is 1. The molecule has 2 saturated heterocycles.